The Kier molecular flexibility index (Phi) is 3.35. The van der Waals surface area contributed by atoms with Crippen LogP contribution in [0.3, 0.4) is 0 Å². The van der Waals surface area contributed by atoms with Crippen molar-refractivity contribution in [2.24, 2.45) is 0 Å². The van der Waals surface area contributed by atoms with Gasteiger partial charge in [-0.2, -0.15) is 10.2 Å². The summed E-state index contributed by atoms with van der Waals surface area (Å²) in [4.78, 5) is 11.7. The highest BCUT2D eigenvalue weighted by molar-refractivity contribution is 5.93. The third-order valence-corrected chi connectivity index (χ3v) is 3.06. The van der Waals surface area contributed by atoms with Gasteiger partial charge in [0, 0.05) is 19.6 Å². The van der Waals surface area contributed by atoms with E-state index in [1.54, 1.807) is 13.0 Å². The molecule has 1 aliphatic rings. The molecule has 92 valence electrons. The minimum atomic E-state index is -0.976. The summed E-state index contributed by atoms with van der Waals surface area (Å²) in [5.41, 5.74) is -0.550. The number of hydrogen-bond donors (Lipinski definition) is 2. The fourth-order valence-electron chi connectivity index (χ4n) is 1.76. The molecule has 1 aromatic rings. The first kappa shape index (κ1) is 11.9. The quantitative estimate of drug-likeness (QED) is 0.757. The molecule has 6 nitrogen and oxygen atoms in total. The van der Waals surface area contributed by atoms with Gasteiger partial charge in [-0.1, -0.05) is 0 Å². The van der Waals surface area contributed by atoms with Gasteiger partial charge in [0.15, 0.2) is 0 Å². The number of carbonyl (C=O) groups is 1. The van der Waals surface area contributed by atoms with Crippen LogP contribution in [0.1, 0.15) is 23.7 Å². The van der Waals surface area contributed by atoms with Gasteiger partial charge in [0.25, 0.3) is 5.91 Å². The molecule has 0 spiro atoms. The largest absolute Gasteiger partial charge is 0.385 e. The Morgan fingerprint density at radius 3 is 3.12 bits per heavy atom. The zero-order valence-corrected chi connectivity index (χ0v) is 9.59. The van der Waals surface area contributed by atoms with Crippen LogP contribution in [0, 0.1) is 0 Å². The topological polar surface area (TPSA) is 84.3 Å². The second kappa shape index (κ2) is 4.77. The van der Waals surface area contributed by atoms with Crippen LogP contribution in [-0.4, -0.2) is 46.1 Å². The van der Waals surface area contributed by atoms with Gasteiger partial charge in [0.2, 0.25) is 0 Å². The molecule has 1 aliphatic heterocycles. The lowest BCUT2D eigenvalue weighted by molar-refractivity contribution is -0.0251. The normalized spacial score (nSPS) is 28.0. The van der Waals surface area contributed by atoms with Crippen molar-refractivity contribution in [3.8, 4) is 0 Å². The summed E-state index contributed by atoms with van der Waals surface area (Å²) in [6.07, 6.45) is 3.10. The minimum absolute atomic E-state index is 0.176. The molecular formula is C11H15N3O3. The summed E-state index contributed by atoms with van der Waals surface area (Å²) in [5.74, 6) is -0.271. The number of nitrogens with one attached hydrogen (secondary N) is 1. The highest BCUT2D eigenvalue weighted by Gasteiger charge is 2.39. The van der Waals surface area contributed by atoms with E-state index in [4.69, 9.17) is 4.74 Å². The van der Waals surface area contributed by atoms with Crippen molar-refractivity contribution in [3.05, 3.63) is 24.0 Å². The van der Waals surface area contributed by atoms with E-state index in [0.717, 1.165) is 0 Å². The zero-order chi connectivity index (χ0) is 12.3. The number of aromatic nitrogens is 2. The third-order valence-electron chi connectivity index (χ3n) is 3.06. The number of ether oxygens (including phenoxy) is 1. The van der Waals surface area contributed by atoms with Crippen LogP contribution < -0.4 is 5.32 Å². The Labute approximate surface area is 99.0 Å². The molecule has 2 N–H and O–H groups in total. The van der Waals surface area contributed by atoms with Crippen molar-refractivity contribution in [3.63, 3.8) is 0 Å². The molecule has 17 heavy (non-hydrogen) atoms. The smallest absolute Gasteiger partial charge is 0.253 e. The van der Waals surface area contributed by atoms with Crippen LogP contribution in [0.25, 0.3) is 0 Å². The predicted molar refractivity (Wildman–Crippen MR) is 59.3 cm³/mol. The van der Waals surface area contributed by atoms with E-state index in [2.05, 4.69) is 15.5 Å². The Morgan fingerprint density at radius 2 is 2.53 bits per heavy atom. The molecule has 1 fully saturated rings. The molecule has 0 saturated carbocycles. The van der Waals surface area contributed by atoms with Crippen molar-refractivity contribution < 1.29 is 14.6 Å². The number of aliphatic hydroxyl groups is 1. The van der Waals surface area contributed by atoms with Gasteiger partial charge in [-0.15, -0.1) is 0 Å². The van der Waals surface area contributed by atoms with E-state index in [1.165, 1.54) is 12.4 Å². The zero-order valence-electron chi connectivity index (χ0n) is 9.59. The standard InChI is InChI=1S/C11H15N3O3/c1-8-11(16,3-5-17-8)7-12-10(15)9-2-4-13-14-6-9/h2,4,6,8,16H,3,5,7H2,1H3,(H,12,15). The Balaban J connectivity index is 1.93. The summed E-state index contributed by atoms with van der Waals surface area (Å²) in [7, 11) is 0. The van der Waals surface area contributed by atoms with Crippen molar-refractivity contribution in [1.29, 1.82) is 0 Å². The van der Waals surface area contributed by atoms with Gasteiger partial charge in [0.05, 0.1) is 24.1 Å². The Hall–Kier alpha value is -1.53. The second-order valence-electron chi connectivity index (χ2n) is 4.18. The molecule has 0 aromatic carbocycles. The van der Waals surface area contributed by atoms with Crippen molar-refractivity contribution in [1.82, 2.24) is 15.5 Å². The lowest BCUT2D eigenvalue weighted by atomic mass is 9.96. The summed E-state index contributed by atoms with van der Waals surface area (Å²) >= 11 is 0. The fraction of sp³-hybridized carbons (Fsp3) is 0.545. The summed E-state index contributed by atoms with van der Waals surface area (Å²) in [6.45, 7) is 2.49. The van der Waals surface area contributed by atoms with E-state index in [0.29, 0.717) is 18.6 Å². The van der Waals surface area contributed by atoms with Crippen molar-refractivity contribution in [2.75, 3.05) is 13.2 Å². The number of carbonyl (C=O) groups excluding carboxylic acids is 1. The first-order valence-corrected chi connectivity index (χ1v) is 5.51. The molecular weight excluding hydrogens is 222 g/mol. The highest BCUT2D eigenvalue weighted by Crippen LogP contribution is 2.24. The highest BCUT2D eigenvalue weighted by atomic mass is 16.5. The van der Waals surface area contributed by atoms with Crippen LogP contribution in [0.5, 0.6) is 0 Å². The maximum atomic E-state index is 11.7. The van der Waals surface area contributed by atoms with Gasteiger partial charge in [0.1, 0.15) is 5.60 Å². The Morgan fingerprint density at radius 1 is 1.71 bits per heavy atom. The first-order chi connectivity index (χ1) is 8.12. The molecule has 1 amide bonds. The van der Waals surface area contributed by atoms with Crippen LogP contribution in [0.15, 0.2) is 18.5 Å². The molecule has 1 aromatic heterocycles. The molecule has 2 heterocycles. The van der Waals surface area contributed by atoms with E-state index < -0.39 is 5.60 Å². The van der Waals surface area contributed by atoms with Gasteiger partial charge in [-0.3, -0.25) is 4.79 Å². The first-order valence-electron chi connectivity index (χ1n) is 5.51. The van der Waals surface area contributed by atoms with Gasteiger partial charge in [-0.05, 0) is 13.0 Å². The monoisotopic (exact) mass is 237 g/mol. The molecule has 2 unspecified atom stereocenters. The third kappa shape index (κ3) is 2.59. The Bertz CT molecular complexity index is 398. The van der Waals surface area contributed by atoms with E-state index in [9.17, 15) is 9.90 Å². The van der Waals surface area contributed by atoms with E-state index in [1.807, 2.05) is 0 Å². The van der Waals surface area contributed by atoms with Gasteiger partial charge in [-0.25, -0.2) is 0 Å². The van der Waals surface area contributed by atoms with Crippen LogP contribution in [0.4, 0.5) is 0 Å². The molecule has 0 aliphatic carbocycles. The lowest BCUT2D eigenvalue weighted by Crippen LogP contribution is -2.47. The molecule has 0 bridgehead atoms. The predicted octanol–water partition coefficient (Wildman–Crippen LogP) is -0.254. The number of amides is 1. The SMILES string of the molecule is CC1OCCC1(O)CNC(=O)c1ccnnc1. The summed E-state index contributed by atoms with van der Waals surface area (Å²) < 4.78 is 5.28. The molecule has 6 heteroatoms. The number of rotatable bonds is 3. The van der Waals surface area contributed by atoms with Crippen LogP contribution in [-0.2, 0) is 4.74 Å². The number of nitrogens with zero attached hydrogens (tertiary/aromatic N) is 2. The minimum Gasteiger partial charge on any atom is -0.385 e. The van der Waals surface area contributed by atoms with Crippen LogP contribution >= 0.6 is 0 Å². The van der Waals surface area contributed by atoms with Gasteiger partial charge >= 0.3 is 0 Å². The van der Waals surface area contributed by atoms with E-state index >= 15 is 0 Å². The average Bonchev–Trinajstić information content (AvgIpc) is 2.68. The number of hydrogen-bond acceptors (Lipinski definition) is 5. The fourth-order valence-corrected chi connectivity index (χ4v) is 1.76. The summed E-state index contributed by atoms with van der Waals surface area (Å²) in [6, 6.07) is 1.57. The summed E-state index contributed by atoms with van der Waals surface area (Å²) in [5, 5.41) is 20.1. The molecule has 1 saturated heterocycles. The molecule has 0 radical (unpaired) electrons. The van der Waals surface area contributed by atoms with Crippen molar-refractivity contribution in [2.45, 2.75) is 25.0 Å². The van der Waals surface area contributed by atoms with Crippen LogP contribution in [0.2, 0.25) is 0 Å². The lowest BCUT2D eigenvalue weighted by Gasteiger charge is -2.26. The average molecular weight is 237 g/mol. The molecule has 2 atom stereocenters. The van der Waals surface area contributed by atoms with Gasteiger partial charge < -0.3 is 15.2 Å². The van der Waals surface area contributed by atoms with Crippen molar-refractivity contribution >= 4 is 5.91 Å². The van der Waals surface area contributed by atoms with E-state index in [-0.39, 0.29) is 18.6 Å². The molecule has 2 rings (SSSR count). The maximum Gasteiger partial charge on any atom is 0.253 e. The maximum absolute atomic E-state index is 11.7. The second-order valence-corrected chi connectivity index (χ2v) is 4.18.